The first kappa shape index (κ1) is 13.8. The Morgan fingerprint density at radius 3 is 2.79 bits per heavy atom. The van der Waals surface area contributed by atoms with Gasteiger partial charge in [0.05, 0.1) is 12.2 Å². The largest absolute Gasteiger partial charge is 0.378 e. The zero-order chi connectivity index (χ0) is 13.3. The molecule has 2 heterocycles. The standard InChI is InChI=1S/C15H28N2O2/c1-11-3-2-4-13(11)14(17-16)12-5-7-19-15(9-12)6-8-18-10-15/h11-14,17H,2-10,16H2,1H3. The van der Waals surface area contributed by atoms with Gasteiger partial charge >= 0.3 is 0 Å². The lowest BCUT2D eigenvalue weighted by Gasteiger charge is -2.42. The molecule has 1 spiro atoms. The van der Waals surface area contributed by atoms with Gasteiger partial charge in [0.1, 0.15) is 0 Å². The highest BCUT2D eigenvalue weighted by Gasteiger charge is 2.45. The van der Waals surface area contributed by atoms with Gasteiger partial charge in [0.25, 0.3) is 0 Å². The van der Waals surface area contributed by atoms with E-state index in [1.165, 1.54) is 19.3 Å². The Morgan fingerprint density at radius 2 is 2.16 bits per heavy atom. The molecule has 3 aliphatic rings. The van der Waals surface area contributed by atoms with Crippen molar-refractivity contribution >= 4 is 0 Å². The SMILES string of the molecule is CC1CCCC1C(NN)C1CCOC2(CCOC2)C1. The summed E-state index contributed by atoms with van der Waals surface area (Å²) in [6, 6.07) is 0.457. The lowest BCUT2D eigenvalue weighted by Crippen LogP contribution is -2.52. The van der Waals surface area contributed by atoms with Crippen LogP contribution in [-0.2, 0) is 9.47 Å². The molecule has 3 rings (SSSR count). The highest BCUT2D eigenvalue weighted by Crippen LogP contribution is 2.42. The second-order valence-corrected chi connectivity index (χ2v) is 6.85. The predicted octanol–water partition coefficient (Wildman–Crippen LogP) is 1.84. The van der Waals surface area contributed by atoms with Crippen molar-refractivity contribution in [3.05, 3.63) is 0 Å². The minimum Gasteiger partial charge on any atom is -0.378 e. The monoisotopic (exact) mass is 268 g/mol. The molecule has 19 heavy (non-hydrogen) atoms. The van der Waals surface area contributed by atoms with Gasteiger partial charge in [0.15, 0.2) is 0 Å². The molecule has 3 N–H and O–H groups in total. The van der Waals surface area contributed by atoms with E-state index in [0.29, 0.717) is 12.0 Å². The van der Waals surface area contributed by atoms with Gasteiger partial charge in [-0.2, -0.15) is 0 Å². The van der Waals surface area contributed by atoms with Crippen LogP contribution in [-0.4, -0.2) is 31.5 Å². The van der Waals surface area contributed by atoms with Crippen LogP contribution in [0.4, 0.5) is 0 Å². The molecule has 4 heteroatoms. The maximum absolute atomic E-state index is 6.05. The Balaban J connectivity index is 1.68. The number of hydrogen-bond acceptors (Lipinski definition) is 4. The van der Waals surface area contributed by atoms with Gasteiger partial charge in [0.2, 0.25) is 0 Å². The minimum absolute atomic E-state index is 0.000140. The Hall–Kier alpha value is -0.160. The predicted molar refractivity (Wildman–Crippen MR) is 74.5 cm³/mol. The summed E-state index contributed by atoms with van der Waals surface area (Å²) in [6.45, 7) is 4.89. The third kappa shape index (κ3) is 2.68. The van der Waals surface area contributed by atoms with E-state index in [1.807, 2.05) is 0 Å². The van der Waals surface area contributed by atoms with E-state index in [4.69, 9.17) is 15.3 Å². The quantitative estimate of drug-likeness (QED) is 0.606. The summed E-state index contributed by atoms with van der Waals surface area (Å²) in [5.41, 5.74) is 3.15. The van der Waals surface area contributed by atoms with Gasteiger partial charge in [-0.05, 0) is 37.0 Å². The molecule has 5 atom stereocenters. The third-order valence-electron chi connectivity index (χ3n) is 5.69. The number of nitrogens with two attached hydrogens (primary N) is 1. The van der Waals surface area contributed by atoms with Crippen LogP contribution in [0.15, 0.2) is 0 Å². The van der Waals surface area contributed by atoms with E-state index in [0.717, 1.165) is 50.9 Å². The summed E-state index contributed by atoms with van der Waals surface area (Å²) in [5.74, 6) is 8.10. The fourth-order valence-corrected chi connectivity index (χ4v) is 4.55. The van der Waals surface area contributed by atoms with E-state index >= 15 is 0 Å². The Kier molecular flexibility index (Phi) is 4.13. The molecule has 2 saturated heterocycles. The van der Waals surface area contributed by atoms with Crippen molar-refractivity contribution in [3.8, 4) is 0 Å². The van der Waals surface area contributed by atoms with Crippen molar-refractivity contribution in [1.29, 1.82) is 0 Å². The molecule has 0 aromatic rings. The smallest absolute Gasteiger partial charge is 0.0939 e. The summed E-state index contributed by atoms with van der Waals surface area (Å²) in [5, 5.41) is 0. The van der Waals surface area contributed by atoms with Gasteiger partial charge in [-0.15, -0.1) is 0 Å². The van der Waals surface area contributed by atoms with Gasteiger partial charge in [0, 0.05) is 25.7 Å². The van der Waals surface area contributed by atoms with Crippen molar-refractivity contribution in [2.45, 2.75) is 57.1 Å². The molecule has 0 bridgehead atoms. The van der Waals surface area contributed by atoms with Crippen LogP contribution in [0.5, 0.6) is 0 Å². The zero-order valence-electron chi connectivity index (χ0n) is 12.1. The maximum atomic E-state index is 6.05. The fraction of sp³-hybridized carbons (Fsp3) is 1.00. The molecule has 1 saturated carbocycles. The number of hydrazine groups is 1. The molecule has 0 aromatic carbocycles. The third-order valence-corrected chi connectivity index (χ3v) is 5.69. The molecule has 4 nitrogen and oxygen atoms in total. The summed E-state index contributed by atoms with van der Waals surface area (Å²) in [7, 11) is 0. The van der Waals surface area contributed by atoms with E-state index in [2.05, 4.69) is 12.3 Å². The first-order valence-corrected chi connectivity index (χ1v) is 7.92. The number of ether oxygens (including phenoxy) is 2. The van der Waals surface area contributed by atoms with Crippen LogP contribution in [0.25, 0.3) is 0 Å². The maximum Gasteiger partial charge on any atom is 0.0939 e. The summed E-state index contributed by atoms with van der Waals surface area (Å²) in [6.07, 6.45) is 7.37. The zero-order valence-corrected chi connectivity index (χ0v) is 12.1. The normalized spacial score (nSPS) is 44.8. The second kappa shape index (κ2) is 5.68. The molecule has 2 aliphatic heterocycles. The molecular formula is C15H28N2O2. The molecule has 1 aliphatic carbocycles. The molecule has 0 amide bonds. The summed E-state index contributed by atoms with van der Waals surface area (Å²) in [4.78, 5) is 0. The summed E-state index contributed by atoms with van der Waals surface area (Å²) < 4.78 is 11.6. The average molecular weight is 268 g/mol. The van der Waals surface area contributed by atoms with Crippen LogP contribution in [0.2, 0.25) is 0 Å². The number of rotatable bonds is 3. The van der Waals surface area contributed by atoms with Crippen molar-refractivity contribution < 1.29 is 9.47 Å². The van der Waals surface area contributed by atoms with Gasteiger partial charge in [-0.3, -0.25) is 11.3 Å². The van der Waals surface area contributed by atoms with Crippen LogP contribution < -0.4 is 11.3 Å². The van der Waals surface area contributed by atoms with Crippen LogP contribution in [0.3, 0.4) is 0 Å². The van der Waals surface area contributed by atoms with Crippen molar-refractivity contribution in [2.24, 2.45) is 23.6 Å². The van der Waals surface area contributed by atoms with Crippen LogP contribution in [0, 0.1) is 17.8 Å². The highest BCUT2D eigenvalue weighted by molar-refractivity contribution is 4.96. The highest BCUT2D eigenvalue weighted by atomic mass is 16.6. The lowest BCUT2D eigenvalue weighted by atomic mass is 9.75. The van der Waals surface area contributed by atoms with E-state index in [1.54, 1.807) is 0 Å². The summed E-state index contributed by atoms with van der Waals surface area (Å²) >= 11 is 0. The molecule has 0 aromatic heterocycles. The molecule has 0 radical (unpaired) electrons. The second-order valence-electron chi connectivity index (χ2n) is 6.85. The Labute approximate surface area is 116 Å². The van der Waals surface area contributed by atoms with E-state index in [9.17, 15) is 0 Å². The first-order chi connectivity index (χ1) is 9.24. The average Bonchev–Trinajstić information content (AvgIpc) is 3.02. The van der Waals surface area contributed by atoms with Crippen LogP contribution >= 0.6 is 0 Å². The van der Waals surface area contributed by atoms with Crippen molar-refractivity contribution in [2.75, 3.05) is 19.8 Å². The fourth-order valence-electron chi connectivity index (χ4n) is 4.55. The van der Waals surface area contributed by atoms with Crippen molar-refractivity contribution in [3.63, 3.8) is 0 Å². The molecule has 3 fully saturated rings. The molecule has 5 unspecified atom stereocenters. The topological polar surface area (TPSA) is 56.5 Å². The van der Waals surface area contributed by atoms with E-state index in [-0.39, 0.29) is 5.60 Å². The van der Waals surface area contributed by atoms with Gasteiger partial charge in [-0.25, -0.2) is 0 Å². The van der Waals surface area contributed by atoms with Gasteiger partial charge < -0.3 is 9.47 Å². The lowest BCUT2D eigenvalue weighted by molar-refractivity contribution is -0.106. The Morgan fingerprint density at radius 1 is 1.26 bits per heavy atom. The van der Waals surface area contributed by atoms with Crippen molar-refractivity contribution in [1.82, 2.24) is 5.43 Å². The molecular weight excluding hydrogens is 240 g/mol. The number of nitrogens with one attached hydrogen (secondary N) is 1. The minimum atomic E-state index is -0.000140. The molecule has 110 valence electrons. The van der Waals surface area contributed by atoms with Gasteiger partial charge in [-0.1, -0.05) is 19.8 Å². The first-order valence-electron chi connectivity index (χ1n) is 7.92. The van der Waals surface area contributed by atoms with Crippen LogP contribution in [0.1, 0.15) is 45.4 Å². The number of hydrogen-bond donors (Lipinski definition) is 2. The van der Waals surface area contributed by atoms with E-state index < -0.39 is 0 Å². The Bertz CT molecular complexity index is 305.